The van der Waals surface area contributed by atoms with Crippen molar-refractivity contribution in [1.29, 1.82) is 0 Å². The van der Waals surface area contributed by atoms with E-state index in [1.807, 2.05) is 194 Å². The van der Waals surface area contributed by atoms with Crippen molar-refractivity contribution < 1.29 is 30.6 Å². The van der Waals surface area contributed by atoms with Crippen LogP contribution in [0, 0.1) is 0 Å². The van der Waals surface area contributed by atoms with E-state index in [-0.39, 0.29) is 0 Å². The molecule has 0 bridgehead atoms. The molecule has 8 aromatic carbocycles. The second-order valence-corrected chi connectivity index (χ2v) is 18.5. The quantitative estimate of drug-likeness (QED) is 0.0315. The Morgan fingerprint density at radius 3 is 0.686 bits per heavy atom. The van der Waals surface area contributed by atoms with E-state index in [2.05, 4.69) is 13.2 Å². The van der Waals surface area contributed by atoms with Gasteiger partial charge in [0.05, 0.1) is 10.8 Å². The van der Waals surface area contributed by atoms with Crippen molar-refractivity contribution in [2.75, 3.05) is 0 Å². The molecule has 0 aromatic heterocycles. The molecule has 0 amide bonds. The largest absolute Gasteiger partial charge is 0.388 e. The maximum atomic E-state index is 14.7. The molecule has 354 valence electrons. The number of hydrogen-bond donors (Lipinski definition) is 6. The van der Waals surface area contributed by atoms with Gasteiger partial charge in [-0.1, -0.05) is 255 Å². The van der Waals surface area contributed by atoms with Gasteiger partial charge in [0, 0.05) is 12.8 Å². The van der Waals surface area contributed by atoms with Gasteiger partial charge in [0.15, 0.2) is 0 Å². The van der Waals surface area contributed by atoms with Crippen LogP contribution >= 0.6 is 0 Å². The molecule has 70 heavy (non-hydrogen) atoms. The molecule has 6 atom stereocenters. The molecule has 6 N–H and O–H groups in total. The van der Waals surface area contributed by atoms with Crippen LogP contribution in [0.15, 0.2) is 268 Å². The molecule has 6 heteroatoms. The van der Waals surface area contributed by atoms with Crippen molar-refractivity contribution in [2.45, 2.75) is 71.1 Å². The van der Waals surface area contributed by atoms with Gasteiger partial charge in [-0.05, 0) is 57.3 Å². The molecular weight excluding hydrogens is 865 g/mol. The molecule has 0 saturated carbocycles. The number of aliphatic hydroxyl groups is 6. The monoisotopic (exact) mass is 926 g/mol. The van der Waals surface area contributed by atoms with Crippen LogP contribution in [-0.4, -0.2) is 65.3 Å². The van der Waals surface area contributed by atoms with Gasteiger partial charge in [0.1, 0.15) is 34.6 Å². The van der Waals surface area contributed by atoms with E-state index in [1.54, 1.807) is 48.5 Å². The maximum Gasteiger partial charge on any atom is 0.131 e. The topological polar surface area (TPSA) is 121 Å². The molecule has 2 unspecified atom stereocenters. The minimum absolute atomic E-state index is 0.453. The van der Waals surface area contributed by atoms with Crippen molar-refractivity contribution >= 4 is 0 Å². The van der Waals surface area contributed by atoms with Crippen molar-refractivity contribution in [2.24, 2.45) is 0 Å². The molecule has 8 rings (SSSR count). The Bertz CT molecular complexity index is 2490. The van der Waals surface area contributed by atoms with E-state index >= 15 is 0 Å². The number of rotatable bonds is 21. The molecular formula is C64H62O6. The van der Waals surface area contributed by atoms with Crippen molar-refractivity contribution in [1.82, 2.24) is 0 Å². The standard InChI is InChI=1S/C64H62O6/c1-3-45-61(69,59(67,47-49-29-13-5-14-30-49)57(65)63(51-33-17-7-18-34-51,52-35-19-8-20-36-52)53-37-21-9-22-38-53)62(70,46-4-2)60(68,48-50-31-15-6-16-32-50)58(66)64(54-39-23-10-24-40-54,55-41-25-11-26-42-55)56-43-27-12-28-44-56/h3-44,57-58,65-70H,1-2,45-48H2/t57?,58?,59-,60-,61+,62+/m1/s1. The predicted octanol–water partition coefficient (Wildman–Crippen LogP) is 10.3. The van der Waals surface area contributed by atoms with Crippen LogP contribution in [0.5, 0.6) is 0 Å². The summed E-state index contributed by atoms with van der Waals surface area (Å²) in [5.41, 5.74) is -10.6. The highest BCUT2D eigenvalue weighted by molar-refractivity contribution is 5.56. The summed E-state index contributed by atoms with van der Waals surface area (Å²) < 4.78 is 0. The van der Waals surface area contributed by atoms with Crippen LogP contribution in [0.2, 0.25) is 0 Å². The first-order valence-corrected chi connectivity index (χ1v) is 23.9. The van der Waals surface area contributed by atoms with Gasteiger partial charge in [-0.15, -0.1) is 13.2 Å². The first-order valence-electron chi connectivity index (χ1n) is 23.9. The molecule has 0 aliphatic carbocycles. The fraction of sp³-hybridized carbons (Fsp3) is 0.188. The van der Waals surface area contributed by atoms with Crippen molar-refractivity contribution in [3.63, 3.8) is 0 Å². The second kappa shape index (κ2) is 20.9. The van der Waals surface area contributed by atoms with Gasteiger partial charge in [-0.25, -0.2) is 0 Å². The third kappa shape index (κ3) is 8.37. The Balaban J connectivity index is 1.52. The molecule has 0 heterocycles. The summed E-state index contributed by atoms with van der Waals surface area (Å²) in [7, 11) is 0. The van der Waals surface area contributed by atoms with Crippen LogP contribution in [-0.2, 0) is 23.7 Å². The molecule has 0 aliphatic heterocycles. The fourth-order valence-corrected chi connectivity index (χ4v) is 11.4. The maximum absolute atomic E-state index is 14.7. The molecule has 0 saturated heterocycles. The lowest BCUT2D eigenvalue weighted by Gasteiger charge is -2.63. The lowest BCUT2D eigenvalue weighted by molar-refractivity contribution is -0.334. The van der Waals surface area contributed by atoms with E-state index in [0.29, 0.717) is 44.5 Å². The zero-order valence-corrected chi connectivity index (χ0v) is 39.3. The van der Waals surface area contributed by atoms with Gasteiger partial charge >= 0.3 is 0 Å². The summed E-state index contributed by atoms with van der Waals surface area (Å²) in [6, 6.07) is 73.9. The minimum Gasteiger partial charge on any atom is -0.388 e. The van der Waals surface area contributed by atoms with Crippen molar-refractivity contribution in [3.8, 4) is 0 Å². The minimum atomic E-state index is -3.00. The fourth-order valence-electron chi connectivity index (χ4n) is 11.4. The summed E-state index contributed by atoms with van der Waals surface area (Å²) in [6.45, 7) is 8.21. The Hall–Kier alpha value is -7.00. The number of aliphatic hydroxyl groups excluding tert-OH is 2. The number of hydrogen-bond acceptors (Lipinski definition) is 6. The van der Waals surface area contributed by atoms with Gasteiger partial charge < -0.3 is 30.6 Å². The van der Waals surface area contributed by atoms with Crippen LogP contribution in [0.4, 0.5) is 0 Å². The van der Waals surface area contributed by atoms with Crippen molar-refractivity contribution in [3.05, 3.63) is 312 Å². The molecule has 0 radical (unpaired) electrons. The Kier molecular flexibility index (Phi) is 14.8. The summed E-state index contributed by atoms with van der Waals surface area (Å²) in [5, 5.41) is 87.3. The Morgan fingerprint density at radius 1 is 0.314 bits per heavy atom. The normalized spacial score (nSPS) is 16.3. The van der Waals surface area contributed by atoms with Gasteiger partial charge in [-0.3, -0.25) is 0 Å². The van der Waals surface area contributed by atoms with E-state index in [9.17, 15) is 30.6 Å². The predicted molar refractivity (Wildman–Crippen MR) is 280 cm³/mol. The van der Waals surface area contributed by atoms with E-state index in [4.69, 9.17) is 0 Å². The lowest BCUT2D eigenvalue weighted by atomic mass is 9.49. The van der Waals surface area contributed by atoms with Crippen LogP contribution in [0.25, 0.3) is 0 Å². The number of benzene rings is 8. The summed E-state index contributed by atoms with van der Waals surface area (Å²) in [4.78, 5) is 0. The smallest absolute Gasteiger partial charge is 0.131 e. The van der Waals surface area contributed by atoms with E-state index in [0.717, 1.165) is 0 Å². The third-order valence-corrected chi connectivity index (χ3v) is 14.7. The molecule has 0 aliphatic rings. The third-order valence-electron chi connectivity index (χ3n) is 14.7. The SMILES string of the molecule is C=CC[C@@](O)([C@](O)(CC=C)[C@@](O)(Cc1ccccc1)C(O)C(c1ccccc1)(c1ccccc1)c1ccccc1)[C@@](O)(Cc1ccccc1)C(O)C(c1ccccc1)(c1ccccc1)c1ccccc1. The Morgan fingerprint density at radius 2 is 0.500 bits per heavy atom. The zero-order valence-electron chi connectivity index (χ0n) is 39.3. The van der Waals surface area contributed by atoms with Crippen LogP contribution in [0.1, 0.15) is 57.3 Å². The van der Waals surface area contributed by atoms with Gasteiger partial charge in [-0.2, -0.15) is 0 Å². The summed E-state index contributed by atoms with van der Waals surface area (Å²) in [5.74, 6) is 0. The molecule has 8 aromatic rings. The molecule has 0 spiro atoms. The van der Waals surface area contributed by atoms with Crippen LogP contribution in [0.3, 0.4) is 0 Å². The Labute approximate surface area is 412 Å². The molecule has 0 fully saturated rings. The highest BCUT2D eigenvalue weighted by atomic mass is 16.4. The first kappa shape index (κ1) is 49.4. The molecule has 6 nitrogen and oxygen atoms in total. The highest BCUT2D eigenvalue weighted by Gasteiger charge is 2.75. The summed E-state index contributed by atoms with van der Waals surface area (Å²) >= 11 is 0. The second-order valence-electron chi connectivity index (χ2n) is 18.5. The van der Waals surface area contributed by atoms with Gasteiger partial charge in [0.25, 0.3) is 0 Å². The highest BCUT2D eigenvalue weighted by Crippen LogP contribution is 2.58. The van der Waals surface area contributed by atoms with Crippen LogP contribution < -0.4 is 0 Å². The summed E-state index contributed by atoms with van der Waals surface area (Å²) in [6.07, 6.45) is -3.41. The van der Waals surface area contributed by atoms with E-state index < -0.39 is 71.1 Å². The average molecular weight is 927 g/mol. The van der Waals surface area contributed by atoms with E-state index in [1.165, 1.54) is 12.2 Å². The zero-order chi connectivity index (χ0) is 49.3. The first-order chi connectivity index (χ1) is 34.0. The van der Waals surface area contributed by atoms with Gasteiger partial charge in [0.2, 0.25) is 0 Å². The lowest BCUT2D eigenvalue weighted by Crippen LogP contribution is -2.83. The average Bonchev–Trinajstić information content (AvgIpc) is 3.41.